The fraction of sp³-hybridized carbons (Fsp3) is 0.143. The molecule has 0 atom stereocenters. The molecule has 7 heteroatoms. The minimum atomic E-state index is -3.87. The second-order valence-corrected chi connectivity index (χ2v) is 6.12. The third-order valence-corrected chi connectivity index (χ3v) is 3.97. The normalized spacial score (nSPS) is 11.2. The van der Waals surface area contributed by atoms with Gasteiger partial charge in [-0.1, -0.05) is 12.1 Å². The zero-order chi connectivity index (χ0) is 15.6. The van der Waals surface area contributed by atoms with Crippen LogP contribution in [0.15, 0.2) is 41.3 Å². The minimum Gasteiger partial charge on any atom is -0.495 e. The van der Waals surface area contributed by atoms with Crippen LogP contribution in [-0.4, -0.2) is 15.5 Å². The summed E-state index contributed by atoms with van der Waals surface area (Å²) in [5, 5.41) is 8.21. The summed E-state index contributed by atoms with van der Waals surface area (Å²) in [7, 11) is -2.31. The highest BCUT2D eigenvalue weighted by atomic mass is 32.2. The number of ether oxygens (including phenoxy) is 1. The summed E-state index contributed by atoms with van der Waals surface area (Å²) >= 11 is 0. The molecule has 0 spiro atoms. The van der Waals surface area contributed by atoms with Gasteiger partial charge in [-0.25, -0.2) is 13.6 Å². The highest BCUT2D eigenvalue weighted by Gasteiger charge is 2.15. The van der Waals surface area contributed by atoms with Gasteiger partial charge in [-0.2, -0.15) is 0 Å². The van der Waals surface area contributed by atoms with Crippen LogP contribution in [-0.2, 0) is 10.0 Å². The van der Waals surface area contributed by atoms with E-state index in [2.05, 4.69) is 5.32 Å². The number of nitrogens with two attached hydrogens (primary N) is 2. The number of benzene rings is 2. The first kappa shape index (κ1) is 15.1. The maximum absolute atomic E-state index is 11.5. The number of methoxy groups -OCH3 is 1. The first-order valence-corrected chi connectivity index (χ1v) is 7.70. The lowest BCUT2D eigenvalue weighted by molar-refractivity contribution is 0.416. The second-order valence-electron chi connectivity index (χ2n) is 4.59. The van der Waals surface area contributed by atoms with E-state index in [-0.39, 0.29) is 10.6 Å². The summed E-state index contributed by atoms with van der Waals surface area (Å²) in [4.78, 5) is -0.112. The number of nitrogens with one attached hydrogen (secondary N) is 1. The van der Waals surface area contributed by atoms with Gasteiger partial charge in [-0.05, 0) is 36.8 Å². The number of nitrogen functional groups attached to an aromatic ring is 1. The van der Waals surface area contributed by atoms with Gasteiger partial charge >= 0.3 is 0 Å². The van der Waals surface area contributed by atoms with Gasteiger partial charge in [-0.3, -0.25) is 0 Å². The summed E-state index contributed by atoms with van der Waals surface area (Å²) in [6.45, 7) is 1.94. The van der Waals surface area contributed by atoms with Crippen molar-refractivity contribution in [3.05, 3.63) is 42.0 Å². The Morgan fingerprint density at radius 1 is 1.14 bits per heavy atom. The Hall–Kier alpha value is -2.25. The van der Waals surface area contributed by atoms with E-state index in [4.69, 9.17) is 15.6 Å². The average Bonchev–Trinajstić information content (AvgIpc) is 2.40. The van der Waals surface area contributed by atoms with Crippen molar-refractivity contribution in [3.63, 3.8) is 0 Å². The van der Waals surface area contributed by atoms with Crippen LogP contribution in [0.2, 0.25) is 0 Å². The standard InChI is InChI=1S/C14H17N3O3S/c1-9-6-7-12(20-2)11(8-9)17-10-4-3-5-13(14(10)15)21(16,18)19/h3-8,17H,15H2,1-2H3,(H2,16,18,19). The Kier molecular flexibility index (Phi) is 4.06. The molecule has 0 saturated heterocycles. The van der Waals surface area contributed by atoms with E-state index in [1.165, 1.54) is 6.07 Å². The molecule has 2 aromatic rings. The molecule has 0 amide bonds. The van der Waals surface area contributed by atoms with E-state index in [0.29, 0.717) is 17.1 Å². The Labute approximate surface area is 123 Å². The van der Waals surface area contributed by atoms with Gasteiger partial charge in [0.2, 0.25) is 10.0 Å². The molecule has 0 aliphatic rings. The number of primary sulfonamides is 1. The molecule has 6 nitrogen and oxygen atoms in total. The molecule has 0 aliphatic carbocycles. The average molecular weight is 307 g/mol. The van der Waals surface area contributed by atoms with Crippen molar-refractivity contribution in [2.24, 2.45) is 5.14 Å². The molecule has 0 saturated carbocycles. The van der Waals surface area contributed by atoms with Crippen LogP contribution in [0.25, 0.3) is 0 Å². The van der Waals surface area contributed by atoms with Crippen LogP contribution < -0.4 is 20.9 Å². The van der Waals surface area contributed by atoms with Gasteiger partial charge in [-0.15, -0.1) is 0 Å². The predicted molar refractivity (Wildman–Crippen MR) is 83.2 cm³/mol. The van der Waals surface area contributed by atoms with Crippen LogP contribution in [0.4, 0.5) is 17.1 Å². The van der Waals surface area contributed by atoms with Crippen molar-refractivity contribution < 1.29 is 13.2 Å². The van der Waals surface area contributed by atoms with Gasteiger partial charge in [0.05, 0.1) is 24.2 Å². The second kappa shape index (κ2) is 5.63. The molecular formula is C14H17N3O3S. The number of hydrogen-bond donors (Lipinski definition) is 3. The third kappa shape index (κ3) is 3.26. The summed E-state index contributed by atoms with van der Waals surface area (Å²) < 4.78 is 28.2. The Morgan fingerprint density at radius 3 is 2.48 bits per heavy atom. The third-order valence-electron chi connectivity index (χ3n) is 3.00. The molecule has 0 aromatic heterocycles. The molecule has 0 unspecified atom stereocenters. The number of rotatable bonds is 4. The number of para-hydroxylation sites is 1. The van der Waals surface area contributed by atoms with E-state index >= 15 is 0 Å². The first-order valence-electron chi connectivity index (χ1n) is 6.16. The van der Waals surface area contributed by atoms with Crippen molar-refractivity contribution in [1.82, 2.24) is 0 Å². The molecule has 0 radical (unpaired) electrons. The topological polar surface area (TPSA) is 107 Å². The van der Waals surface area contributed by atoms with Crippen LogP contribution in [0.1, 0.15) is 5.56 Å². The molecule has 0 bridgehead atoms. The molecule has 0 aliphatic heterocycles. The fourth-order valence-corrected chi connectivity index (χ4v) is 2.65. The maximum Gasteiger partial charge on any atom is 0.240 e. The Morgan fingerprint density at radius 2 is 1.86 bits per heavy atom. The molecule has 5 N–H and O–H groups in total. The van der Waals surface area contributed by atoms with Gasteiger partial charge in [0.25, 0.3) is 0 Å². The smallest absolute Gasteiger partial charge is 0.240 e. The molecule has 112 valence electrons. The monoisotopic (exact) mass is 307 g/mol. The van der Waals surface area contributed by atoms with Crippen molar-refractivity contribution in [1.29, 1.82) is 0 Å². The van der Waals surface area contributed by atoms with E-state index < -0.39 is 10.0 Å². The lowest BCUT2D eigenvalue weighted by Crippen LogP contribution is -2.15. The SMILES string of the molecule is COc1ccc(C)cc1Nc1cccc(S(N)(=O)=O)c1N. The number of anilines is 3. The van der Waals surface area contributed by atoms with Crippen molar-refractivity contribution >= 4 is 27.1 Å². The van der Waals surface area contributed by atoms with Gasteiger partial charge < -0.3 is 15.8 Å². The zero-order valence-electron chi connectivity index (χ0n) is 11.8. The van der Waals surface area contributed by atoms with E-state index in [1.54, 1.807) is 19.2 Å². The lowest BCUT2D eigenvalue weighted by atomic mass is 10.2. The first-order chi connectivity index (χ1) is 9.82. The number of aryl methyl sites for hydroxylation is 1. The van der Waals surface area contributed by atoms with Crippen molar-refractivity contribution in [2.75, 3.05) is 18.2 Å². The Balaban J connectivity index is 2.48. The van der Waals surface area contributed by atoms with Crippen molar-refractivity contribution in [2.45, 2.75) is 11.8 Å². The Bertz CT molecular complexity index is 773. The lowest BCUT2D eigenvalue weighted by Gasteiger charge is -2.15. The largest absolute Gasteiger partial charge is 0.495 e. The molecule has 2 aromatic carbocycles. The van der Waals surface area contributed by atoms with Crippen LogP contribution in [0, 0.1) is 6.92 Å². The number of sulfonamides is 1. The summed E-state index contributed by atoms with van der Waals surface area (Å²) in [6.07, 6.45) is 0. The highest BCUT2D eigenvalue weighted by Crippen LogP contribution is 2.33. The minimum absolute atomic E-state index is 0.0727. The van der Waals surface area contributed by atoms with E-state index in [1.807, 2.05) is 25.1 Å². The van der Waals surface area contributed by atoms with Crippen LogP contribution in [0.5, 0.6) is 5.75 Å². The maximum atomic E-state index is 11.5. The highest BCUT2D eigenvalue weighted by molar-refractivity contribution is 7.89. The van der Waals surface area contributed by atoms with Gasteiger partial charge in [0.1, 0.15) is 10.6 Å². The van der Waals surface area contributed by atoms with E-state index in [0.717, 1.165) is 5.56 Å². The fourth-order valence-electron chi connectivity index (χ4n) is 1.97. The van der Waals surface area contributed by atoms with Gasteiger partial charge in [0, 0.05) is 0 Å². The van der Waals surface area contributed by atoms with Gasteiger partial charge in [0.15, 0.2) is 0 Å². The molecule has 21 heavy (non-hydrogen) atoms. The molecule has 0 heterocycles. The quantitative estimate of drug-likeness (QED) is 0.749. The van der Waals surface area contributed by atoms with E-state index in [9.17, 15) is 8.42 Å². The van der Waals surface area contributed by atoms with Crippen LogP contribution >= 0.6 is 0 Å². The van der Waals surface area contributed by atoms with Crippen molar-refractivity contribution in [3.8, 4) is 5.75 Å². The summed E-state index contributed by atoms with van der Waals surface area (Å²) in [5.41, 5.74) is 8.12. The molecular weight excluding hydrogens is 290 g/mol. The van der Waals surface area contributed by atoms with Crippen LogP contribution in [0.3, 0.4) is 0 Å². The predicted octanol–water partition coefficient (Wildman–Crippen LogP) is 1.98. The summed E-state index contributed by atoms with van der Waals surface area (Å²) in [5.74, 6) is 0.626. The zero-order valence-corrected chi connectivity index (χ0v) is 12.6. The summed E-state index contributed by atoms with van der Waals surface area (Å²) in [6, 6.07) is 10.2. The molecule has 2 rings (SSSR count). The molecule has 0 fully saturated rings. The number of hydrogen-bond acceptors (Lipinski definition) is 5.